The molecule has 0 radical (unpaired) electrons. The molecular formula is C15H25N. The Balaban J connectivity index is 0.000000606. The van der Waals surface area contributed by atoms with Gasteiger partial charge in [-0.3, -0.25) is 0 Å². The molecule has 2 N–H and O–H groups in total. The van der Waals surface area contributed by atoms with Gasteiger partial charge in [0, 0.05) is 6.04 Å². The first-order valence-corrected chi connectivity index (χ1v) is 6.51. The Kier molecular flexibility index (Phi) is 5.01. The standard InChI is InChI=1S/C13H19N.C2H6/c1-9-7-11-5-3-4-6-12(11)8-10(2)13(9)14;1-2/h3-6,9-10,13H,7-8,14H2,1-2H3;1-2H3. The van der Waals surface area contributed by atoms with E-state index in [4.69, 9.17) is 5.73 Å². The van der Waals surface area contributed by atoms with Crippen molar-refractivity contribution in [3.05, 3.63) is 35.4 Å². The summed E-state index contributed by atoms with van der Waals surface area (Å²) in [5.41, 5.74) is 9.20. The fraction of sp³-hybridized carbons (Fsp3) is 0.600. The molecule has 0 saturated carbocycles. The Bertz CT molecular complexity index is 288. The minimum absolute atomic E-state index is 0.349. The van der Waals surface area contributed by atoms with Crippen molar-refractivity contribution in [1.82, 2.24) is 0 Å². The van der Waals surface area contributed by atoms with Crippen molar-refractivity contribution in [1.29, 1.82) is 0 Å². The third kappa shape index (κ3) is 2.85. The van der Waals surface area contributed by atoms with Gasteiger partial charge in [-0.15, -0.1) is 0 Å². The molecule has 16 heavy (non-hydrogen) atoms. The average molecular weight is 219 g/mol. The molecule has 0 aromatic heterocycles. The summed E-state index contributed by atoms with van der Waals surface area (Å²) >= 11 is 0. The van der Waals surface area contributed by atoms with E-state index >= 15 is 0 Å². The number of fused-ring (bicyclic) bond motifs is 1. The van der Waals surface area contributed by atoms with Crippen molar-refractivity contribution < 1.29 is 0 Å². The number of hydrogen-bond acceptors (Lipinski definition) is 1. The lowest BCUT2D eigenvalue weighted by atomic mass is 9.89. The molecule has 2 rings (SSSR count). The molecule has 0 saturated heterocycles. The summed E-state index contributed by atoms with van der Waals surface area (Å²) < 4.78 is 0. The number of nitrogens with two attached hydrogens (primary N) is 1. The van der Waals surface area contributed by atoms with Crippen LogP contribution in [0.5, 0.6) is 0 Å². The molecule has 0 heterocycles. The minimum atomic E-state index is 0.349. The fourth-order valence-electron chi connectivity index (χ4n) is 2.48. The topological polar surface area (TPSA) is 26.0 Å². The van der Waals surface area contributed by atoms with E-state index in [9.17, 15) is 0 Å². The highest BCUT2D eigenvalue weighted by Crippen LogP contribution is 2.26. The summed E-state index contributed by atoms with van der Waals surface area (Å²) in [5, 5.41) is 0. The lowest BCUT2D eigenvalue weighted by Crippen LogP contribution is -2.35. The number of benzene rings is 1. The maximum atomic E-state index is 6.20. The van der Waals surface area contributed by atoms with E-state index in [-0.39, 0.29) is 0 Å². The van der Waals surface area contributed by atoms with Gasteiger partial charge in [-0.05, 0) is 35.8 Å². The molecule has 1 heteroatoms. The second kappa shape index (κ2) is 6.05. The molecule has 0 fully saturated rings. The van der Waals surface area contributed by atoms with Gasteiger partial charge >= 0.3 is 0 Å². The van der Waals surface area contributed by atoms with E-state index in [1.165, 1.54) is 11.1 Å². The van der Waals surface area contributed by atoms with Crippen LogP contribution >= 0.6 is 0 Å². The van der Waals surface area contributed by atoms with Crippen LogP contribution in [-0.2, 0) is 12.8 Å². The molecule has 1 nitrogen and oxygen atoms in total. The lowest BCUT2D eigenvalue weighted by molar-refractivity contribution is 0.355. The Labute approximate surface area is 100 Å². The van der Waals surface area contributed by atoms with Crippen molar-refractivity contribution in [3.63, 3.8) is 0 Å². The van der Waals surface area contributed by atoms with Crippen molar-refractivity contribution in [2.24, 2.45) is 17.6 Å². The molecule has 2 unspecified atom stereocenters. The average Bonchev–Trinajstić information content (AvgIpc) is 2.42. The lowest BCUT2D eigenvalue weighted by Gasteiger charge is -2.22. The zero-order valence-electron chi connectivity index (χ0n) is 11.0. The molecule has 0 aliphatic heterocycles. The predicted molar refractivity (Wildman–Crippen MR) is 71.5 cm³/mol. The van der Waals surface area contributed by atoms with Gasteiger partial charge in [-0.25, -0.2) is 0 Å². The van der Waals surface area contributed by atoms with Gasteiger partial charge in [-0.1, -0.05) is 52.0 Å². The monoisotopic (exact) mass is 219 g/mol. The van der Waals surface area contributed by atoms with Gasteiger partial charge < -0.3 is 5.73 Å². The summed E-state index contributed by atoms with van der Waals surface area (Å²) in [5.74, 6) is 1.21. The second-order valence-electron chi connectivity index (χ2n) is 4.71. The second-order valence-corrected chi connectivity index (χ2v) is 4.71. The Morgan fingerprint density at radius 1 is 0.938 bits per heavy atom. The Morgan fingerprint density at radius 2 is 1.31 bits per heavy atom. The van der Waals surface area contributed by atoms with Crippen LogP contribution < -0.4 is 5.73 Å². The van der Waals surface area contributed by atoms with E-state index in [0.29, 0.717) is 17.9 Å². The molecule has 1 aliphatic carbocycles. The molecule has 1 aromatic rings. The first-order chi connectivity index (χ1) is 7.68. The highest BCUT2D eigenvalue weighted by molar-refractivity contribution is 5.29. The zero-order chi connectivity index (χ0) is 12.1. The molecule has 0 amide bonds. The highest BCUT2D eigenvalue weighted by Gasteiger charge is 2.24. The summed E-state index contributed by atoms with van der Waals surface area (Å²) in [6.07, 6.45) is 2.28. The van der Waals surface area contributed by atoms with Gasteiger partial charge in [0.05, 0.1) is 0 Å². The quantitative estimate of drug-likeness (QED) is 0.665. The first-order valence-electron chi connectivity index (χ1n) is 6.51. The van der Waals surface area contributed by atoms with Crippen LogP contribution in [-0.4, -0.2) is 6.04 Å². The molecule has 1 aromatic carbocycles. The van der Waals surface area contributed by atoms with Crippen molar-refractivity contribution >= 4 is 0 Å². The van der Waals surface area contributed by atoms with E-state index in [1.54, 1.807) is 0 Å². The van der Waals surface area contributed by atoms with Crippen molar-refractivity contribution in [3.8, 4) is 0 Å². The molecule has 2 atom stereocenters. The summed E-state index contributed by atoms with van der Waals surface area (Å²) in [4.78, 5) is 0. The molecular weight excluding hydrogens is 194 g/mol. The van der Waals surface area contributed by atoms with Crippen LogP contribution in [0.25, 0.3) is 0 Å². The van der Waals surface area contributed by atoms with Crippen LogP contribution in [0.15, 0.2) is 24.3 Å². The summed E-state index contributed by atoms with van der Waals surface area (Å²) in [6, 6.07) is 9.11. The van der Waals surface area contributed by atoms with E-state index in [2.05, 4.69) is 38.1 Å². The molecule has 1 aliphatic rings. The van der Waals surface area contributed by atoms with Crippen LogP contribution in [0.2, 0.25) is 0 Å². The third-order valence-electron chi connectivity index (χ3n) is 3.52. The predicted octanol–water partition coefficient (Wildman–Crippen LogP) is 3.41. The largest absolute Gasteiger partial charge is 0.327 e. The summed E-state index contributed by atoms with van der Waals surface area (Å²) in [6.45, 7) is 8.53. The van der Waals surface area contributed by atoms with E-state index in [1.807, 2.05) is 13.8 Å². The normalized spacial score (nSPS) is 28.4. The summed E-state index contributed by atoms with van der Waals surface area (Å²) in [7, 11) is 0. The van der Waals surface area contributed by atoms with Gasteiger partial charge in [0.1, 0.15) is 0 Å². The van der Waals surface area contributed by atoms with Gasteiger partial charge in [0.15, 0.2) is 0 Å². The smallest absolute Gasteiger partial charge is 0.00967 e. The Morgan fingerprint density at radius 3 is 1.69 bits per heavy atom. The molecule has 90 valence electrons. The van der Waals surface area contributed by atoms with Crippen LogP contribution in [0, 0.1) is 11.8 Å². The van der Waals surface area contributed by atoms with E-state index in [0.717, 1.165) is 12.8 Å². The maximum absolute atomic E-state index is 6.20. The minimum Gasteiger partial charge on any atom is -0.327 e. The Hall–Kier alpha value is -0.820. The number of rotatable bonds is 0. The van der Waals surface area contributed by atoms with Crippen LogP contribution in [0.4, 0.5) is 0 Å². The third-order valence-corrected chi connectivity index (χ3v) is 3.52. The van der Waals surface area contributed by atoms with Crippen LogP contribution in [0.3, 0.4) is 0 Å². The first kappa shape index (κ1) is 13.2. The number of hydrogen-bond donors (Lipinski definition) is 1. The van der Waals surface area contributed by atoms with Crippen LogP contribution in [0.1, 0.15) is 38.8 Å². The highest BCUT2D eigenvalue weighted by atomic mass is 14.7. The SMILES string of the molecule is CC.CC1Cc2ccccc2CC(C)C1N. The van der Waals surface area contributed by atoms with Gasteiger partial charge in [-0.2, -0.15) is 0 Å². The molecule has 0 spiro atoms. The maximum Gasteiger partial charge on any atom is 0.00967 e. The molecule has 0 bridgehead atoms. The van der Waals surface area contributed by atoms with Crippen molar-refractivity contribution in [2.75, 3.05) is 0 Å². The van der Waals surface area contributed by atoms with E-state index < -0.39 is 0 Å². The van der Waals surface area contributed by atoms with Crippen molar-refractivity contribution in [2.45, 2.75) is 46.6 Å². The van der Waals surface area contributed by atoms with Gasteiger partial charge in [0.2, 0.25) is 0 Å². The van der Waals surface area contributed by atoms with Gasteiger partial charge in [0.25, 0.3) is 0 Å². The zero-order valence-corrected chi connectivity index (χ0v) is 11.0. The fourth-order valence-corrected chi connectivity index (χ4v) is 2.48.